The van der Waals surface area contributed by atoms with Crippen LogP contribution in [-0.4, -0.2) is 74.1 Å². The lowest BCUT2D eigenvalue weighted by molar-refractivity contribution is -0.144. The molecule has 2 aromatic heterocycles. The third kappa shape index (κ3) is 27.4. The molecular weight excluding hydrogens is 753 g/mol. The number of hydrogen-bond donors (Lipinski definition) is 3. The van der Waals surface area contributed by atoms with Crippen molar-refractivity contribution in [1.29, 1.82) is 0 Å². The van der Waals surface area contributed by atoms with Crippen LogP contribution in [0.5, 0.6) is 0 Å². The lowest BCUT2D eigenvalue weighted by Gasteiger charge is -2.23. The van der Waals surface area contributed by atoms with Crippen molar-refractivity contribution in [2.75, 3.05) is 32.0 Å². The molecule has 348 valence electrons. The highest BCUT2D eigenvalue weighted by Gasteiger charge is 2.15. The number of ether oxygens (including phenoxy) is 2. The molecule has 0 aliphatic carbocycles. The number of aryl methyl sites for hydroxylation is 1. The summed E-state index contributed by atoms with van der Waals surface area (Å²) in [4.78, 5) is 38.1. The van der Waals surface area contributed by atoms with Crippen LogP contribution in [-0.2, 0) is 20.8 Å². The van der Waals surface area contributed by atoms with Crippen LogP contribution >= 0.6 is 0 Å². The van der Waals surface area contributed by atoms with E-state index in [-0.39, 0.29) is 23.6 Å². The van der Waals surface area contributed by atoms with Crippen LogP contribution < -0.4 is 11.3 Å². The zero-order valence-corrected chi connectivity index (χ0v) is 39.0. The van der Waals surface area contributed by atoms with Gasteiger partial charge in [0.2, 0.25) is 5.95 Å². The molecule has 0 aromatic carbocycles. The summed E-state index contributed by atoms with van der Waals surface area (Å²) in [6, 6.07) is 0. The number of nitrogens with one attached hydrogen (secondary N) is 1. The van der Waals surface area contributed by atoms with Gasteiger partial charge in [-0.15, -0.1) is 0 Å². The number of nitrogens with zero attached hydrogens (tertiary/aromatic N) is 4. The van der Waals surface area contributed by atoms with Gasteiger partial charge in [-0.05, 0) is 77.4 Å². The number of rotatable bonds is 43. The predicted molar refractivity (Wildman–Crippen MR) is 250 cm³/mol. The number of nitrogens with two attached hydrogens (primary N) is 1. The van der Waals surface area contributed by atoms with Crippen molar-refractivity contribution in [2.45, 2.75) is 252 Å². The van der Waals surface area contributed by atoms with E-state index in [1.807, 2.05) is 4.57 Å². The highest BCUT2D eigenvalue weighted by atomic mass is 16.6. The van der Waals surface area contributed by atoms with E-state index in [4.69, 9.17) is 15.2 Å². The number of imidazole rings is 1. The van der Waals surface area contributed by atoms with Gasteiger partial charge < -0.3 is 29.8 Å². The maximum atomic E-state index is 12.3. The third-order valence-electron chi connectivity index (χ3n) is 12.0. The van der Waals surface area contributed by atoms with Crippen molar-refractivity contribution in [2.24, 2.45) is 0 Å². The van der Waals surface area contributed by atoms with E-state index in [2.05, 4.69) is 40.6 Å². The summed E-state index contributed by atoms with van der Waals surface area (Å²) in [5.41, 5.74) is 6.38. The highest BCUT2D eigenvalue weighted by Crippen LogP contribution is 2.20. The summed E-state index contributed by atoms with van der Waals surface area (Å²) in [7, 11) is 0. The van der Waals surface area contributed by atoms with Gasteiger partial charge in [0.1, 0.15) is 0 Å². The summed E-state index contributed by atoms with van der Waals surface area (Å²) >= 11 is 0. The maximum absolute atomic E-state index is 12.3. The summed E-state index contributed by atoms with van der Waals surface area (Å²) in [5, 5.41) is 10.8. The molecule has 0 bridgehead atoms. The van der Waals surface area contributed by atoms with E-state index in [1.165, 1.54) is 116 Å². The second-order valence-corrected chi connectivity index (χ2v) is 17.6. The average molecular weight is 845 g/mol. The Morgan fingerprint density at radius 1 is 0.683 bits per heavy atom. The minimum absolute atomic E-state index is 0.0429. The van der Waals surface area contributed by atoms with Gasteiger partial charge in [-0.2, -0.15) is 4.98 Å². The van der Waals surface area contributed by atoms with Gasteiger partial charge in [0.05, 0.1) is 19.0 Å². The first-order valence-electron chi connectivity index (χ1n) is 25.3. The summed E-state index contributed by atoms with van der Waals surface area (Å²) < 4.78 is 13.7. The minimum atomic E-state index is -0.646. The molecule has 2 heterocycles. The molecule has 60 heavy (non-hydrogen) atoms. The number of aliphatic hydroxyl groups excluding tert-OH is 1. The van der Waals surface area contributed by atoms with Crippen LogP contribution in [0, 0.1) is 0 Å². The zero-order valence-electron chi connectivity index (χ0n) is 39.0. The normalized spacial score (nSPS) is 12.4. The van der Waals surface area contributed by atoms with Gasteiger partial charge in [-0.25, -0.2) is 4.98 Å². The molecule has 11 nitrogen and oxygen atoms in total. The first-order valence-corrected chi connectivity index (χ1v) is 25.3. The number of aliphatic hydroxyl groups is 1. The number of hydrogen-bond acceptors (Lipinski definition) is 9. The van der Waals surface area contributed by atoms with E-state index in [9.17, 15) is 14.7 Å². The fourth-order valence-corrected chi connectivity index (χ4v) is 8.27. The van der Waals surface area contributed by atoms with Crippen LogP contribution in [0.25, 0.3) is 11.2 Å². The topological polar surface area (TPSA) is 149 Å². The lowest BCUT2D eigenvalue weighted by atomic mass is 10.0. The molecule has 0 aliphatic rings. The molecule has 0 saturated heterocycles. The fourth-order valence-electron chi connectivity index (χ4n) is 8.27. The van der Waals surface area contributed by atoms with Crippen molar-refractivity contribution in [3.8, 4) is 0 Å². The van der Waals surface area contributed by atoms with Gasteiger partial charge in [0.25, 0.3) is 5.56 Å². The van der Waals surface area contributed by atoms with Crippen LogP contribution in [0.4, 0.5) is 5.95 Å². The standard InChI is InChI=1S/C49H92N6O5/c1-4-7-10-13-18-25-33-43(34-26-19-14-11-8-5-2)60-45(57)36-28-21-17-23-30-38-54(39-32-40-55-42-51-46-47(55)52-49(50)53-48(46)58)37-29-22-16-20-27-35-44(56)59-41-31-24-15-12-9-6-3/h42-43,45,57H,4-41H2,1-3H3,(H3,50,52,53,58). The Kier molecular flexibility index (Phi) is 33.2. The third-order valence-corrected chi connectivity index (χ3v) is 12.0. The molecule has 1 unspecified atom stereocenters. The molecule has 1 atom stereocenters. The fraction of sp³-hybridized carbons (Fsp3) is 0.878. The van der Waals surface area contributed by atoms with Crippen molar-refractivity contribution in [1.82, 2.24) is 24.4 Å². The quantitative estimate of drug-likeness (QED) is 0.0337. The Labute approximate surface area is 366 Å². The van der Waals surface area contributed by atoms with Gasteiger partial charge >= 0.3 is 5.97 Å². The van der Waals surface area contributed by atoms with Gasteiger partial charge in [0.15, 0.2) is 17.5 Å². The lowest BCUT2D eigenvalue weighted by Crippen LogP contribution is -2.28. The second kappa shape index (κ2) is 37.1. The Morgan fingerprint density at radius 2 is 1.17 bits per heavy atom. The Balaban J connectivity index is 1.70. The molecule has 2 aromatic rings. The highest BCUT2D eigenvalue weighted by molar-refractivity contribution is 5.70. The summed E-state index contributed by atoms with van der Waals surface area (Å²) in [6.07, 6.45) is 39.3. The van der Waals surface area contributed by atoms with Crippen LogP contribution in [0.2, 0.25) is 0 Å². The molecule has 0 amide bonds. The van der Waals surface area contributed by atoms with Gasteiger partial charge in [0, 0.05) is 13.0 Å². The molecule has 0 fully saturated rings. The van der Waals surface area contributed by atoms with Crippen molar-refractivity contribution in [3.63, 3.8) is 0 Å². The average Bonchev–Trinajstić information content (AvgIpc) is 3.64. The number of aromatic nitrogens is 4. The Hall–Kier alpha value is -2.50. The predicted octanol–water partition coefficient (Wildman–Crippen LogP) is 12.2. The first kappa shape index (κ1) is 53.6. The number of carbonyl (C=O) groups excluding carboxylic acids is 1. The van der Waals surface area contributed by atoms with Crippen LogP contribution in [0.1, 0.15) is 233 Å². The van der Waals surface area contributed by atoms with Crippen molar-refractivity contribution >= 4 is 23.1 Å². The Bertz CT molecular complexity index is 1340. The van der Waals surface area contributed by atoms with Crippen molar-refractivity contribution in [3.05, 3.63) is 16.7 Å². The second-order valence-electron chi connectivity index (χ2n) is 17.6. The number of nitrogen functional groups attached to an aromatic ring is 1. The van der Waals surface area contributed by atoms with Crippen LogP contribution in [0.15, 0.2) is 11.1 Å². The number of esters is 1. The number of anilines is 1. The molecule has 11 heteroatoms. The first-order chi connectivity index (χ1) is 29.4. The number of unbranched alkanes of at least 4 members (excludes halogenated alkanes) is 23. The monoisotopic (exact) mass is 845 g/mol. The molecule has 0 aliphatic heterocycles. The van der Waals surface area contributed by atoms with Gasteiger partial charge in [-0.3, -0.25) is 14.6 Å². The maximum Gasteiger partial charge on any atom is 0.305 e. The molecule has 0 saturated carbocycles. The minimum Gasteiger partial charge on any atom is -0.466 e. The van der Waals surface area contributed by atoms with E-state index in [1.54, 1.807) is 6.33 Å². The number of fused-ring (bicyclic) bond motifs is 1. The van der Waals surface area contributed by atoms with Gasteiger partial charge in [-0.1, -0.05) is 168 Å². The number of aromatic amines is 1. The summed E-state index contributed by atoms with van der Waals surface area (Å²) in [5.74, 6) is 0.0674. The molecular formula is C49H92N6O5. The number of carbonyl (C=O) groups is 1. The molecule has 2 rings (SSSR count). The SMILES string of the molecule is CCCCCCCCOC(=O)CCCCCCCN(CCCCCCCC(O)OC(CCCCCCCC)CCCCCCCC)CCCn1cnc2c(=O)[nH]c(N)nc21. The van der Waals surface area contributed by atoms with E-state index >= 15 is 0 Å². The molecule has 4 N–H and O–H groups in total. The van der Waals surface area contributed by atoms with Crippen molar-refractivity contribution < 1.29 is 19.4 Å². The summed E-state index contributed by atoms with van der Waals surface area (Å²) in [6.45, 7) is 11.1. The Morgan fingerprint density at radius 3 is 1.75 bits per heavy atom. The van der Waals surface area contributed by atoms with Crippen LogP contribution in [0.3, 0.4) is 0 Å². The van der Waals surface area contributed by atoms with E-state index in [0.29, 0.717) is 24.2 Å². The largest absolute Gasteiger partial charge is 0.466 e. The zero-order chi connectivity index (χ0) is 43.3. The molecule has 0 spiro atoms. The van der Waals surface area contributed by atoms with E-state index < -0.39 is 6.29 Å². The molecule has 0 radical (unpaired) electrons. The smallest absolute Gasteiger partial charge is 0.305 e. The van der Waals surface area contributed by atoms with E-state index in [0.717, 1.165) is 116 Å². The number of H-pyrrole nitrogens is 1.